The molecule has 2 saturated carbocycles. The molecule has 0 aromatic carbocycles. The van der Waals surface area contributed by atoms with Gasteiger partial charge in [-0.15, -0.1) is 0 Å². The van der Waals surface area contributed by atoms with Gasteiger partial charge in [0.25, 0.3) is 0 Å². The van der Waals surface area contributed by atoms with Crippen LogP contribution in [0.15, 0.2) is 12.2 Å². The van der Waals surface area contributed by atoms with Gasteiger partial charge in [0.1, 0.15) is 0 Å². The summed E-state index contributed by atoms with van der Waals surface area (Å²) < 4.78 is 5.11. The standard InChI is InChI=1S/C14H20O4/c1-14(2)10(12(14)13(16)17)6-7-11(15)18-8-9-4-3-5-9/h6-7,9-10,12H,3-5,8H2,1-2H3,(H,16,17)/b7-6-. The van der Waals surface area contributed by atoms with Crippen LogP contribution in [-0.4, -0.2) is 23.7 Å². The number of allylic oxidation sites excluding steroid dienone is 1. The molecule has 2 rings (SSSR count). The van der Waals surface area contributed by atoms with Gasteiger partial charge in [-0.25, -0.2) is 4.79 Å². The molecule has 4 nitrogen and oxygen atoms in total. The van der Waals surface area contributed by atoms with Crippen molar-refractivity contribution >= 4 is 11.9 Å². The summed E-state index contributed by atoms with van der Waals surface area (Å²) >= 11 is 0. The van der Waals surface area contributed by atoms with Crippen LogP contribution in [-0.2, 0) is 14.3 Å². The van der Waals surface area contributed by atoms with E-state index in [0.717, 1.165) is 12.8 Å². The average molecular weight is 252 g/mol. The first-order valence-corrected chi connectivity index (χ1v) is 6.50. The fraction of sp³-hybridized carbons (Fsp3) is 0.714. The number of hydrogen-bond donors (Lipinski definition) is 1. The van der Waals surface area contributed by atoms with Crippen molar-refractivity contribution in [1.82, 2.24) is 0 Å². The molecule has 0 heterocycles. The van der Waals surface area contributed by atoms with Crippen molar-refractivity contribution in [3.63, 3.8) is 0 Å². The van der Waals surface area contributed by atoms with Crippen LogP contribution in [0, 0.1) is 23.2 Å². The minimum absolute atomic E-state index is 0.0637. The maximum atomic E-state index is 11.5. The fourth-order valence-corrected chi connectivity index (χ4v) is 2.60. The second kappa shape index (κ2) is 4.75. The van der Waals surface area contributed by atoms with Crippen LogP contribution in [0.5, 0.6) is 0 Å². The minimum atomic E-state index is -0.794. The maximum absolute atomic E-state index is 11.5. The Bertz CT molecular complexity index is 379. The van der Waals surface area contributed by atoms with Crippen molar-refractivity contribution in [3.05, 3.63) is 12.2 Å². The van der Waals surface area contributed by atoms with E-state index in [9.17, 15) is 9.59 Å². The third-order valence-electron chi connectivity index (χ3n) is 4.30. The Kier molecular flexibility index (Phi) is 3.46. The van der Waals surface area contributed by atoms with Crippen LogP contribution in [0.4, 0.5) is 0 Å². The summed E-state index contributed by atoms with van der Waals surface area (Å²) in [6.45, 7) is 4.31. The Morgan fingerprint density at radius 3 is 2.50 bits per heavy atom. The van der Waals surface area contributed by atoms with Gasteiger partial charge in [-0.2, -0.15) is 0 Å². The van der Waals surface area contributed by atoms with Gasteiger partial charge in [0.05, 0.1) is 12.5 Å². The Morgan fingerprint density at radius 2 is 2.06 bits per heavy atom. The molecule has 0 aromatic rings. The lowest BCUT2D eigenvalue weighted by Crippen LogP contribution is -2.19. The quantitative estimate of drug-likeness (QED) is 0.602. The fourth-order valence-electron chi connectivity index (χ4n) is 2.60. The number of hydrogen-bond acceptors (Lipinski definition) is 3. The zero-order chi connectivity index (χ0) is 13.3. The van der Waals surface area contributed by atoms with Gasteiger partial charge in [0.15, 0.2) is 0 Å². The van der Waals surface area contributed by atoms with E-state index in [2.05, 4.69) is 0 Å². The highest BCUT2D eigenvalue weighted by Crippen LogP contribution is 2.59. The number of ether oxygens (including phenoxy) is 1. The highest BCUT2D eigenvalue weighted by atomic mass is 16.5. The van der Waals surface area contributed by atoms with Crippen LogP contribution >= 0.6 is 0 Å². The second-order valence-corrected chi connectivity index (χ2v) is 5.95. The Balaban J connectivity index is 1.77. The van der Waals surface area contributed by atoms with E-state index < -0.39 is 5.97 Å². The molecule has 2 aliphatic rings. The van der Waals surface area contributed by atoms with Gasteiger partial charge >= 0.3 is 11.9 Å². The Morgan fingerprint density at radius 1 is 1.39 bits per heavy atom. The van der Waals surface area contributed by atoms with Crippen LogP contribution in [0.25, 0.3) is 0 Å². The van der Waals surface area contributed by atoms with E-state index in [1.807, 2.05) is 13.8 Å². The van der Waals surface area contributed by atoms with Gasteiger partial charge < -0.3 is 9.84 Å². The molecule has 0 aliphatic heterocycles. The van der Waals surface area contributed by atoms with Gasteiger partial charge in [-0.1, -0.05) is 26.3 Å². The normalized spacial score (nSPS) is 29.9. The zero-order valence-corrected chi connectivity index (χ0v) is 10.9. The lowest BCUT2D eigenvalue weighted by molar-refractivity contribution is -0.140. The summed E-state index contributed by atoms with van der Waals surface area (Å²) in [4.78, 5) is 22.4. The van der Waals surface area contributed by atoms with E-state index in [0.29, 0.717) is 12.5 Å². The molecule has 0 bridgehead atoms. The average Bonchev–Trinajstić information content (AvgIpc) is 2.75. The van der Waals surface area contributed by atoms with Crippen LogP contribution < -0.4 is 0 Å². The topological polar surface area (TPSA) is 63.6 Å². The molecule has 2 aliphatic carbocycles. The van der Waals surface area contributed by atoms with E-state index in [1.54, 1.807) is 6.08 Å². The van der Waals surface area contributed by atoms with Crippen molar-refractivity contribution < 1.29 is 19.4 Å². The van der Waals surface area contributed by atoms with E-state index in [-0.39, 0.29) is 23.2 Å². The molecule has 0 amide bonds. The third-order valence-corrected chi connectivity index (χ3v) is 4.30. The first kappa shape index (κ1) is 13.1. The number of aliphatic carboxylic acids is 1. The highest BCUT2D eigenvalue weighted by molar-refractivity contribution is 5.83. The van der Waals surface area contributed by atoms with Crippen LogP contribution in [0.1, 0.15) is 33.1 Å². The summed E-state index contributed by atoms with van der Waals surface area (Å²) in [7, 11) is 0. The van der Waals surface area contributed by atoms with Crippen LogP contribution in [0.2, 0.25) is 0 Å². The molecule has 18 heavy (non-hydrogen) atoms. The predicted octanol–water partition coefficient (Wildman–Crippen LogP) is 2.24. The number of carbonyl (C=O) groups excluding carboxylic acids is 1. The van der Waals surface area contributed by atoms with Crippen molar-refractivity contribution in [2.24, 2.45) is 23.2 Å². The molecule has 0 aromatic heterocycles. The second-order valence-electron chi connectivity index (χ2n) is 5.95. The highest BCUT2D eigenvalue weighted by Gasteiger charge is 2.60. The van der Waals surface area contributed by atoms with Crippen molar-refractivity contribution in [2.45, 2.75) is 33.1 Å². The predicted molar refractivity (Wildman–Crippen MR) is 65.8 cm³/mol. The minimum Gasteiger partial charge on any atom is -0.481 e. The summed E-state index contributed by atoms with van der Waals surface area (Å²) in [5, 5.41) is 8.99. The molecule has 1 N–H and O–H groups in total. The van der Waals surface area contributed by atoms with Crippen molar-refractivity contribution in [3.8, 4) is 0 Å². The smallest absolute Gasteiger partial charge is 0.330 e. The zero-order valence-electron chi connectivity index (χ0n) is 10.9. The van der Waals surface area contributed by atoms with E-state index in [1.165, 1.54) is 12.5 Å². The summed E-state index contributed by atoms with van der Waals surface area (Å²) in [5.74, 6) is -1.06. The molecular formula is C14H20O4. The first-order valence-electron chi connectivity index (χ1n) is 6.50. The van der Waals surface area contributed by atoms with Gasteiger partial charge in [-0.05, 0) is 30.1 Å². The van der Waals surface area contributed by atoms with E-state index in [4.69, 9.17) is 9.84 Å². The number of carbonyl (C=O) groups is 2. The molecule has 4 heteroatoms. The number of carboxylic acids is 1. The van der Waals surface area contributed by atoms with Crippen molar-refractivity contribution in [2.75, 3.05) is 6.61 Å². The summed E-state index contributed by atoms with van der Waals surface area (Å²) in [5.41, 5.74) is -0.253. The monoisotopic (exact) mass is 252 g/mol. The van der Waals surface area contributed by atoms with Crippen molar-refractivity contribution in [1.29, 1.82) is 0 Å². The van der Waals surface area contributed by atoms with Gasteiger partial charge in [0.2, 0.25) is 0 Å². The molecule has 2 unspecified atom stereocenters. The summed E-state index contributed by atoms with van der Waals surface area (Å²) in [6.07, 6.45) is 6.59. The molecule has 100 valence electrons. The molecule has 0 saturated heterocycles. The van der Waals surface area contributed by atoms with Gasteiger partial charge in [0, 0.05) is 6.08 Å². The van der Waals surface area contributed by atoms with Gasteiger partial charge in [-0.3, -0.25) is 4.79 Å². The lowest BCUT2D eigenvalue weighted by atomic mass is 9.86. The maximum Gasteiger partial charge on any atom is 0.330 e. The number of carboxylic acid groups (broad SMARTS) is 1. The molecule has 2 fully saturated rings. The number of rotatable bonds is 5. The number of esters is 1. The third kappa shape index (κ3) is 2.57. The van der Waals surface area contributed by atoms with E-state index >= 15 is 0 Å². The molecule has 0 spiro atoms. The largest absolute Gasteiger partial charge is 0.481 e. The Hall–Kier alpha value is -1.32. The molecule has 2 atom stereocenters. The molecular weight excluding hydrogens is 232 g/mol. The van der Waals surface area contributed by atoms with Crippen LogP contribution in [0.3, 0.4) is 0 Å². The Labute approximate surface area is 107 Å². The summed E-state index contributed by atoms with van der Waals surface area (Å²) in [6, 6.07) is 0. The lowest BCUT2D eigenvalue weighted by Gasteiger charge is -2.24. The molecule has 0 radical (unpaired) electrons. The SMILES string of the molecule is CC1(C)C(/C=C\C(=O)OCC2CCC2)C1C(=O)O. The first-order chi connectivity index (χ1) is 8.43.